The summed E-state index contributed by atoms with van der Waals surface area (Å²) in [6.45, 7) is 4.82. The number of hydrogen-bond donors (Lipinski definition) is 1. The Hall–Kier alpha value is -1.47. The first-order chi connectivity index (χ1) is 9.20. The van der Waals surface area contributed by atoms with Crippen LogP contribution in [0, 0.1) is 12.7 Å². The van der Waals surface area contributed by atoms with Crippen molar-refractivity contribution in [1.82, 2.24) is 4.31 Å². The molecule has 20 heavy (non-hydrogen) atoms. The van der Waals surface area contributed by atoms with Gasteiger partial charge in [-0.3, -0.25) is 4.79 Å². The van der Waals surface area contributed by atoms with Crippen LogP contribution in [0.1, 0.15) is 25.8 Å². The molecule has 0 spiro atoms. The molecule has 0 bridgehead atoms. The lowest BCUT2D eigenvalue weighted by atomic mass is 10.2. The van der Waals surface area contributed by atoms with Gasteiger partial charge >= 0.3 is 5.97 Å². The Morgan fingerprint density at radius 3 is 2.50 bits per heavy atom. The zero-order valence-electron chi connectivity index (χ0n) is 11.6. The minimum Gasteiger partial charge on any atom is -0.481 e. The van der Waals surface area contributed by atoms with Crippen molar-refractivity contribution >= 4 is 16.0 Å². The van der Waals surface area contributed by atoms with Gasteiger partial charge in [0.15, 0.2) is 0 Å². The van der Waals surface area contributed by atoms with E-state index in [1.54, 1.807) is 6.92 Å². The van der Waals surface area contributed by atoms with E-state index in [1.165, 1.54) is 19.9 Å². The number of sulfonamides is 1. The standard InChI is InChI=1S/C13H18FNO4S/c1-4-15(10(3)8-13(16)17)20(18,19)12-6-5-11(14)7-9(12)2/h5-7,10H,4,8H2,1-3H3,(H,16,17). The van der Waals surface area contributed by atoms with Crippen molar-refractivity contribution in [3.05, 3.63) is 29.6 Å². The van der Waals surface area contributed by atoms with Crippen LogP contribution in [0.5, 0.6) is 0 Å². The average molecular weight is 303 g/mol. The summed E-state index contributed by atoms with van der Waals surface area (Å²) in [4.78, 5) is 10.7. The zero-order valence-corrected chi connectivity index (χ0v) is 12.4. The van der Waals surface area contributed by atoms with Crippen molar-refractivity contribution in [2.24, 2.45) is 0 Å². The summed E-state index contributed by atoms with van der Waals surface area (Å²) in [6, 6.07) is 2.75. The zero-order chi connectivity index (χ0) is 15.5. The van der Waals surface area contributed by atoms with E-state index in [1.807, 2.05) is 0 Å². The van der Waals surface area contributed by atoms with Gasteiger partial charge in [0.25, 0.3) is 0 Å². The van der Waals surface area contributed by atoms with Gasteiger partial charge in [-0.25, -0.2) is 12.8 Å². The molecule has 1 N–H and O–H groups in total. The van der Waals surface area contributed by atoms with Gasteiger partial charge in [0.1, 0.15) is 5.82 Å². The predicted molar refractivity (Wildman–Crippen MR) is 72.4 cm³/mol. The number of aryl methyl sites for hydroxylation is 1. The molecule has 0 amide bonds. The molecule has 0 radical (unpaired) electrons. The number of carboxylic acid groups (broad SMARTS) is 1. The monoisotopic (exact) mass is 303 g/mol. The van der Waals surface area contributed by atoms with E-state index in [0.29, 0.717) is 5.56 Å². The fourth-order valence-electron chi connectivity index (χ4n) is 2.10. The van der Waals surface area contributed by atoms with Crippen LogP contribution in [-0.4, -0.2) is 36.4 Å². The highest BCUT2D eigenvalue weighted by Gasteiger charge is 2.30. The Balaban J connectivity index is 3.21. The van der Waals surface area contributed by atoms with Gasteiger partial charge in [-0.05, 0) is 37.6 Å². The highest BCUT2D eigenvalue weighted by molar-refractivity contribution is 7.89. The number of nitrogens with zero attached hydrogens (tertiary/aromatic N) is 1. The quantitative estimate of drug-likeness (QED) is 0.872. The summed E-state index contributed by atoms with van der Waals surface area (Å²) in [6.07, 6.45) is -0.284. The molecule has 0 aliphatic rings. The third kappa shape index (κ3) is 3.55. The van der Waals surface area contributed by atoms with E-state index in [9.17, 15) is 17.6 Å². The first-order valence-electron chi connectivity index (χ1n) is 6.20. The molecular weight excluding hydrogens is 285 g/mol. The van der Waals surface area contributed by atoms with Crippen molar-refractivity contribution in [2.45, 2.75) is 38.1 Å². The molecule has 5 nitrogen and oxygen atoms in total. The summed E-state index contributed by atoms with van der Waals surface area (Å²) >= 11 is 0. The van der Waals surface area contributed by atoms with Crippen molar-refractivity contribution in [2.75, 3.05) is 6.54 Å². The molecule has 1 aromatic carbocycles. The molecule has 0 aromatic heterocycles. The van der Waals surface area contributed by atoms with E-state index in [2.05, 4.69) is 0 Å². The summed E-state index contributed by atoms with van der Waals surface area (Å²) < 4.78 is 39.2. The van der Waals surface area contributed by atoms with Crippen LogP contribution >= 0.6 is 0 Å². The summed E-state index contributed by atoms with van der Waals surface area (Å²) in [5, 5.41) is 8.78. The number of carbonyl (C=O) groups is 1. The Morgan fingerprint density at radius 1 is 1.45 bits per heavy atom. The molecule has 0 heterocycles. The highest BCUT2D eigenvalue weighted by atomic mass is 32.2. The average Bonchev–Trinajstić information content (AvgIpc) is 2.27. The summed E-state index contributed by atoms with van der Waals surface area (Å²) in [5.74, 6) is -1.58. The Bertz CT molecular complexity index is 600. The van der Waals surface area contributed by atoms with Crippen LogP contribution in [0.2, 0.25) is 0 Å². The molecule has 0 aliphatic carbocycles. The maximum atomic E-state index is 13.1. The minimum absolute atomic E-state index is 0.00186. The van der Waals surface area contributed by atoms with Crippen molar-refractivity contribution < 1.29 is 22.7 Å². The van der Waals surface area contributed by atoms with Gasteiger partial charge < -0.3 is 5.11 Å². The van der Waals surface area contributed by atoms with E-state index < -0.39 is 27.9 Å². The third-order valence-electron chi connectivity index (χ3n) is 3.00. The lowest BCUT2D eigenvalue weighted by Crippen LogP contribution is -2.39. The third-order valence-corrected chi connectivity index (χ3v) is 5.25. The van der Waals surface area contributed by atoms with Crippen LogP contribution in [0.15, 0.2) is 23.1 Å². The van der Waals surface area contributed by atoms with Crippen molar-refractivity contribution in [3.63, 3.8) is 0 Å². The van der Waals surface area contributed by atoms with Crippen LogP contribution in [0.3, 0.4) is 0 Å². The summed E-state index contributed by atoms with van der Waals surface area (Å²) in [7, 11) is -3.84. The number of carboxylic acids is 1. The predicted octanol–water partition coefficient (Wildman–Crippen LogP) is 2.01. The molecule has 1 atom stereocenters. The number of rotatable bonds is 6. The first-order valence-corrected chi connectivity index (χ1v) is 7.64. The van der Waals surface area contributed by atoms with Gasteiger partial charge in [0.05, 0.1) is 11.3 Å². The van der Waals surface area contributed by atoms with Gasteiger partial charge in [-0.2, -0.15) is 4.31 Å². The van der Waals surface area contributed by atoms with E-state index >= 15 is 0 Å². The first kappa shape index (κ1) is 16.6. The minimum atomic E-state index is -3.84. The van der Waals surface area contributed by atoms with Crippen LogP contribution < -0.4 is 0 Å². The fraction of sp³-hybridized carbons (Fsp3) is 0.462. The van der Waals surface area contributed by atoms with Gasteiger partial charge in [-0.1, -0.05) is 6.92 Å². The lowest BCUT2D eigenvalue weighted by molar-refractivity contribution is -0.137. The molecule has 7 heteroatoms. The van der Waals surface area contributed by atoms with Crippen LogP contribution in [0.4, 0.5) is 4.39 Å². The number of benzene rings is 1. The molecule has 0 saturated carbocycles. The Kier molecular flexibility index (Phi) is 5.24. The second kappa shape index (κ2) is 6.32. The molecule has 0 saturated heterocycles. The maximum Gasteiger partial charge on any atom is 0.304 e. The second-order valence-corrected chi connectivity index (χ2v) is 6.42. The van der Waals surface area contributed by atoms with E-state index in [-0.39, 0.29) is 17.9 Å². The molecule has 1 rings (SSSR count). The SMILES string of the molecule is CCN(C(C)CC(=O)O)S(=O)(=O)c1ccc(F)cc1C. The smallest absolute Gasteiger partial charge is 0.304 e. The molecule has 0 fully saturated rings. The summed E-state index contributed by atoms with van der Waals surface area (Å²) in [5.41, 5.74) is 0.297. The highest BCUT2D eigenvalue weighted by Crippen LogP contribution is 2.23. The lowest BCUT2D eigenvalue weighted by Gasteiger charge is -2.26. The molecule has 1 unspecified atom stereocenters. The van der Waals surface area contributed by atoms with E-state index in [0.717, 1.165) is 16.4 Å². The van der Waals surface area contributed by atoms with E-state index in [4.69, 9.17) is 5.11 Å². The largest absolute Gasteiger partial charge is 0.481 e. The molecule has 0 aliphatic heterocycles. The Morgan fingerprint density at radius 2 is 2.05 bits per heavy atom. The topological polar surface area (TPSA) is 74.7 Å². The molecular formula is C13H18FNO4S. The number of hydrogen-bond acceptors (Lipinski definition) is 3. The maximum absolute atomic E-state index is 13.1. The second-order valence-electron chi connectivity index (χ2n) is 4.57. The van der Waals surface area contributed by atoms with Gasteiger partial charge in [0.2, 0.25) is 10.0 Å². The van der Waals surface area contributed by atoms with Gasteiger partial charge in [0, 0.05) is 12.6 Å². The molecule has 112 valence electrons. The molecule has 1 aromatic rings. The number of halogens is 1. The van der Waals surface area contributed by atoms with Crippen LogP contribution in [0.25, 0.3) is 0 Å². The fourth-order valence-corrected chi connectivity index (χ4v) is 3.95. The normalized spacial score (nSPS) is 13.4. The van der Waals surface area contributed by atoms with Crippen LogP contribution in [-0.2, 0) is 14.8 Å². The van der Waals surface area contributed by atoms with Gasteiger partial charge in [-0.15, -0.1) is 0 Å². The number of aliphatic carboxylic acids is 1. The Labute approximate surface area is 118 Å². The van der Waals surface area contributed by atoms with Crippen molar-refractivity contribution in [1.29, 1.82) is 0 Å². The van der Waals surface area contributed by atoms with Crippen molar-refractivity contribution in [3.8, 4) is 0 Å².